The average molecular weight is 193 g/mol. The van der Waals surface area contributed by atoms with Gasteiger partial charge in [-0.3, -0.25) is 4.68 Å². The van der Waals surface area contributed by atoms with E-state index in [1.165, 1.54) is 25.0 Å². The Morgan fingerprint density at radius 1 is 1.57 bits per heavy atom. The highest BCUT2D eigenvalue weighted by atomic mass is 15.3. The van der Waals surface area contributed by atoms with E-state index >= 15 is 0 Å². The van der Waals surface area contributed by atoms with E-state index in [1.54, 1.807) is 0 Å². The summed E-state index contributed by atoms with van der Waals surface area (Å²) >= 11 is 0. The van der Waals surface area contributed by atoms with E-state index in [0.717, 1.165) is 6.54 Å². The molecular formula is C11H19N3. The van der Waals surface area contributed by atoms with Crippen molar-refractivity contribution in [2.75, 3.05) is 0 Å². The Labute approximate surface area is 85.5 Å². The molecule has 0 aliphatic heterocycles. The summed E-state index contributed by atoms with van der Waals surface area (Å²) in [6.45, 7) is 5.28. The third-order valence-corrected chi connectivity index (χ3v) is 2.86. The summed E-state index contributed by atoms with van der Waals surface area (Å²) in [6, 6.07) is 3.34. The Kier molecular flexibility index (Phi) is 2.87. The first-order valence-electron chi connectivity index (χ1n) is 5.53. The van der Waals surface area contributed by atoms with Crippen molar-refractivity contribution in [3.63, 3.8) is 0 Å². The minimum Gasteiger partial charge on any atom is -0.309 e. The van der Waals surface area contributed by atoms with Crippen LogP contribution in [0.3, 0.4) is 0 Å². The summed E-state index contributed by atoms with van der Waals surface area (Å²) < 4.78 is 2.19. The van der Waals surface area contributed by atoms with Gasteiger partial charge in [-0.25, -0.2) is 0 Å². The molecule has 1 aliphatic rings. The Bertz CT molecular complexity index is 286. The Hall–Kier alpha value is -0.830. The van der Waals surface area contributed by atoms with Crippen LogP contribution < -0.4 is 5.32 Å². The van der Waals surface area contributed by atoms with Gasteiger partial charge in [-0.05, 0) is 25.3 Å². The minimum atomic E-state index is 0.541. The van der Waals surface area contributed by atoms with E-state index in [1.807, 2.05) is 6.20 Å². The normalized spacial score (nSPS) is 17.4. The van der Waals surface area contributed by atoms with Gasteiger partial charge in [-0.1, -0.05) is 13.8 Å². The molecule has 0 amide bonds. The first-order chi connectivity index (χ1) is 6.77. The van der Waals surface area contributed by atoms with E-state index in [4.69, 9.17) is 0 Å². The monoisotopic (exact) mass is 193 g/mol. The molecule has 1 aromatic heterocycles. The van der Waals surface area contributed by atoms with E-state index < -0.39 is 0 Å². The smallest absolute Gasteiger partial charge is 0.0525 e. The summed E-state index contributed by atoms with van der Waals surface area (Å²) in [6.07, 6.45) is 5.88. The van der Waals surface area contributed by atoms with E-state index in [9.17, 15) is 0 Å². The van der Waals surface area contributed by atoms with Crippen LogP contribution in [0.2, 0.25) is 0 Å². The van der Waals surface area contributed by atoms with Crippen LogP contribution in [-0.4, -0.2) is 15.8 Å². The number of hydrogen-bond acceptors (Lipinski definition) is 2. The second-order valence-corrected chi connectivity index (χ2v) is 4.39. The van der Waals surface area contributed by atoms with Gasteiger partial charge in [0.25, 0.3) is 0 Å². The molecular weight excluding hydrogens is 174 g/mol. The lowest BCUT2D eigenvalue weighted by Gasteiger charge is -2.27. The van der Waals surface area contributed by atoms with E-state index in [2.05, 4.69) is 35.0 Å². The van der Waals surface area contributed by atoms with Crippen molar-refractivity contribution < 1.29 is 0 Å². The van der Waals surface area contributed by atoms with E-state index in [0.29, 0.717) is 12.1 Å². The van der Waals surface area contributed by atoms with Crippen LogP contribution in [0.4, 0.5) is 0 Å². The standard InChI is InChI=1S/C11H19N3/c1-9(2)12-8-11-6-7-13-14(11)10-4-3-5-10/h6-7,9-10,12H,3-5,8H2,1-2H3. The third-order valence-electron chi connectivity index (χ3n) is 2.86. The maximum absolute atomic E-state index is 4.39. The Balaban J connectivity index is 1.98. The minimum absolute atomic E-state index is 0.541. The van der Waals surface area contributed by atoms with Crippen molar-refractivity contribution in [1.82, 2.24) is 15.1 Å². The van der Waals surface area contributed by atoms with Gasteiger partial charge in [0.1, 0.15) is 0 Å². The fourth-order valence-electron chi connectivity index (χ4n) is 1.75. The van der Waals surface area contributed by atoms with E-state index in [-0.39, 0.29) is 0 Å². The van der Waals surface area contributed by atoms with Crippen molar-refractivity contribution in [2.45, 2.75) is 51.7 Å². The van der Waals surface area contributed by atoms with Crippen LogP contribution in [0.25, 0.3) is 0 Å². The molecule has 1 saturated carbocycles. The molecule has 1 N–H and O–H groups in total. The van der Waals surface area contributed by atoms with Crippen molar-refractivity contribution in [2.24, 2.45) is 0 Å². The van der Waals surface area contributed by atoms with Gasteiger partial charge in [-0.15, -0.1) is 0 Å². The van der Waals surface area contributed by atoms with Gasteiger partial charge in [0.2, 0.25) is 0 Å². The molecule has 1 aliphatic carbocycles. The Morgan fingerprint density at radius 3 is 2.93 bits per heavy atom. The summed E-state index contributed by atoms with van der Waals surface area (Å²) in [4.78, 5) is 0. The molecule has 0 spiro atoms. The fraction of sp³-hybridized carbons (Fsp3) is 0.727. The quantitative estimate of drug-likeness (QED) is 0.793. The van der Waals surface area contributed by atoms with Crippen molar-refractivity contribution in [1.29, 1.82) is 0 Å². The van der Waals surface area contributed by atoms with Crippen LogP contribution in [0.15, 0.2) is 12.3 Å². The lowest BCUT2D eigenvalue weighted by atomic mass is 9.93. The van der Waals surface area contributed by atoms with Gasteiger partial charge in [0.15, 0.2) is 0 Å². The summed E-state index contributed by atoms with van der Waals surface area (Å²) in [7, 11) is 0. The molecule has 0 saturated heterocycles. The topological polar surface area (TPSA) is 29.9 Å². The molecule has 0 aromatic carbocycles. The SMILES string of the molecule is CC(C)NCc1ccnn1C1CCC1. The maximum Gasteiger partial charge on any atom is 0.0525 e. The molecule has 2 rings (SSSR count). The summed E-state index contributed by atoms with van der Waals surface area (Å²) in [5.41, 5.74) is 1.32. The highest BCUT2D eigenvalue weighted by Crippen LogP contribution is 2.31. The first-order valence-corrected chi connectivity index (χ1v) is 5.53. The average Bonchev–Trinajstić information content (AvgIpc) is 2.46. The predicted octanol–water partition coefficient (Wildman–Crippen LogP) is 2.11. The number of rotatable bonds is 4. The van der Waals surface area contributed by atoms with Gasteiger partial charge < -0.3 is 5.32 Å². The molecule has 0 radical (unpaired) electrons. The van der Waals surface area contributed by atoms with Gasteiger partial charge in [-0.2, -0.15) is 5.10 Å². The van der Waals surface area contributed by atoms with Crippen LogP contribution >= 0.6 is 0 Å². The zero-order valence-corrected chi connectivity index (χ0v) is 9.03. The molecule has 1 aromatic rings. The van der Waals surface area contributed by atoms with Crippen LogP contribution in [0.1, 0.15) is 44.8 Å². The second-order valence-electron chi connectivity index (χ2n) is 4.39. The zero-order valence-electron chi connectivity index (χ0n) is 9.03. The summed E-state index contributed by atoms with van der Waals surface area (Å²) in [5.74, 6) is 0. The fourth-order valence-corrected chi connectivity index (χ4v) is 1.75. The zero-order chi connectivity index (χ0) is 9.97. The molecule has 3 heteroatoms. The molecule has 0 unspecified atom stereocenters. The van der Waals surface area contributed by atoms with Crippen LogP contribution in [0, 0.1) is 0 Å². The lowest BCUT2D eigenvalue weighted by Crippen LogP contribution is -2.26. The molecule has 1 fully saturated rings. The number of nitrogens with zero attached hydrogens (tertiary/aromatic N) is 2. The Morgan fingerprint density at radius 2 is 2.36 bits per heavy atom. The predicted molar refractivity (Wildman–Crippen MR) is 57.1 cm³/mol. The number of nitrogens with one attached hydrogen (secondary N) is 1. The van der Waals surface area contributed by atoms with Crippen molar-refractivity contribution >= 4 is 0 Å². The largest absolute Gasteiger partial charge is 0.309 e. The van der Waals surface area contributed by atoms with Gasteiger partial charge in [0, 0.05) is 18.8 Å². The summed E-state index contributed by atoms with van der Waals surface area (Å²) in [5, 5.41) is 7.82. The second kappa shape index (κ2) is 4.13. The molecule has 3 nitrogen and oxygen atoms in total. The highest BCUT2D eigenvalue weighted by Gasteiger charge is 2.21. The van der Waals surface area contributed by atoms with Crippen molar-refractivity contribution in [3.05, 3.63) is 18.0 Å². The van der Waals surface area contributed by atoms with Gasteiger partial charge in [0.05, 0.1) is 11.7 Å². The van der Waals surface area contributed by atoms with Crippen molar-refractivity contribution in [3.8, 4) is 0 Å². The van der Waals surface area contributed by atoms with Crippen LogP contribution in [-0.2, 0) is 6.54 Å². The van der Waals surface area contributed by atoms with Gasteiger partial charge >= 0.3 is 0 Å². The van der Waals surface area contributed by atoms with Crippen LogP contribution in [0.5, 0.6) is 0 Å². The molecule has 0 bridgehead atoms. The number of hydrogen-bond donors (Lipinski definition) is 1. The molecule has 1 heterocycles. The lowest BCUT2D eigenvalue weighted by molar-refractivity contribution is 0.280. The highest BCUT2D eigenvalue weighted by molar-refractivity contribution is 5.03. The molecule has 0 atom stereocenters. The molecule has 78 valence electrons. The maximum atomic E-state index is 4.39. The first kappa shape index (κ1) is 9.71. The number of aromatic nitrogens is 2. The third kappa shape index (κ3) is 1.98. The molecule has 14 heavy (non-hydrogen) atoms.